The average molecular weight is 274 g/mol. The number of aromatic nitrogens is 1. The summed E-state index contributed by atoms with van der Waals surface area (Å²) in [5, 5.41) is 11.9. The first kappa shape index (κ1) is 14.1. The molecular weight excluding hydrogens is 259 g/mol. The highest BCUT2D eigenvalue weighted by Crippen LogP contribution is 2.10. The number of halogens is 1. The average Bonchev–Trinajstić information content (AvgIpc) is 2.44. The molecule has 0 aliphatic heterocycles. The van der Waals surface area contributed by atoms with E-state index in [9.17, 15) is 9.18 Å². The highest BCUT2D eigenvalue weighted by Gasteiger charge is 2.09. The molecule has 0 bridgehead atoms. The molecule has 1 heterocycles. The lowest BCUT2D eigenvalue weighted by molar-refractivity contribution is 0.0692. The highest BCUT2D eigenvalue weighted by molar-refractivity contribution is 5.87. The molecule has 5 heteroatoms. The minimum Gasteiger partial charge on any atom is -0.478 e. The number of nitrogens with one attached hydrogen (secondary N) is 1. The number of hydrogen-bond donors (Lipinski definition) is 2. The molecule has 0 atom stereocenters. The SMILES string of the molecule is O=C(O)c1ccc(CNCCc2ccncc2)cc1F. The van der Waals surface area contributed by atoms with Crippen LogP contribution in [0.2, 0.25) is 0 Å². The van der Waals surface area contributed by atoms with Crippen molar-refractivity contribution in [2.75, 3.05) is 6.54 Å². The number of pyridine rings is 1. The standard InChI is InChI=1S/C15H15FN2O2/c16-14-9-12(1-2-13(14)15(19)20)10-18-8-5-11-3-6-17-7-4-11/h1-4,6-7,9,18H,5,8,10H2,(H,19,20). The summed E-state index contributed by atoms with van der Waals surface area (Å²) in [5.41, 5.74) is 1.60. The van der Waals surface area contributed by atoms with E-state index in [-0.39, 0.29) is 5.56 Å². The fourth-order valence-electron chi connectivity index (χ4n) is 1.86. The lowest BCUT2D eigenvalue weighted by atomic mass is 10.1. The van der Waals surface area contributed by atoms with E-state index in [0.717, 1.165) is 18.5 Å². The van der Waals surface area contributed by atoms with Crippen LogP contribution < -0.4 is 5.32 Å². The molecule has 2 aromatic rings. The van der Waals surface area contributed by atoms with Crippen LogP contribution in [0, 0.1) is 5.82 Å². The van der Waals surface area contributed by atoms with Crippen molar-refractivity contribution in [3.8, 4) is 0 Å². The summed E-state index contributed by atoms with van der Waals surface area (Å²) in [4.78, 5) is 14.6. The van der Waals surface area contributed by atoms with Gasteiger partial charge in [-0.2, -0.15) is 0 Å². The summed E-state index contributed by atoms with van der Waals surface area (Å²) in [6.07, 6.45) is 4.35. The second-order valence-corrected chi connectivity index (χ2v) is 4.40. The number of carbonyl (C=O) groups is 1. The van der Waals surface area contributed by atoms with Crippen LogP contribution in [0.25, 0.3) is 0 Å². The van der Waals surface area contributed by atoms with E-state index in [2.05, 4.69) is 10.3 Å². The molecule has 0 spiro atoms. The van der Waals surface area contributed by atoms with Crippen molar-refractivity contribution < 1.29 is 14.3 Å². The maximum absolute atomic E-state index is 13.5. The Labute approximate surface area is 116 Å². The van der Waals surface area contributed by atoms with Gasteiger partial charge in [0, 0.05) is 18.9 Å². The van der Waals surface area contributed by atoms with Gasteiger partial charge in [-0.15, -0.1) is 0 Å². The largest absolute Gasteiger partial charge is 0.478 e. The molecule has 2 rings (SSSR count). The van der Waals surface area contributed by atoms with Gasteiger partial charge in [0.15, 0.2) is 0 Å². The fraction of sp³-hybridized carbons (Fsp3) is 0.200. The summed E-state index contributed by atoms with van der Waals surface area (Å²) >= 11 is 0. The Kier molecular flexibility index (Phi) is 4.79. The predicted molar refractivity (Wildman–Crippen MR) is 73.0 cm³/mol. The Bertz CT molecular complexity index is 588. The Morgan fingerprint density at radius 3 is 2.60 bits per heavy atom. The van der Waals surface area contributed by atoms with E-state index in [1.165, 1.54) is 17.7 Å². The van der Waals surface area contributed by atoms with Crippen LogP contribution in [0.3, 0.4) is 0 Å². The molecule has 104 valence electrons. The van der Waals surface area contributed by atoms with E-state index in [0.29, 0.717) is 6.54 Å². The zero-order valence-electron chi connectivity index (χ0n) is 10.8. The first-order valence-electron chi connectivity index (χ1n) is 6.28. The molecule has 0 aliphatic rings. The number of carboxylic acid groups (broad SMARTS) is 1. The third-order valence-corrected chi connectivity index (χ3v) is 2.93. The van der Waals surface area contributed by atoms with Gasteiger partial charge in [-0.1, -0.05) is 6.07 Å². The minimum atomic E-state index is -1.25. The number of hydrogen-bond acceptors (Lipinski definition) is 3. The van der Waals surface area contributed by atoms with Gasteiger partial charge in [-0.3, -0.25) is 4.98 Å². The number of rotatable bonds is 6. The molecule has 0 saturated heterocycles. The van der Waals surface area contributed by atoms with Crippen molar-refractivity contribution in [2.45, 2.75) is 13.0 Å². The van der Waals surface area contributed by atoms with Gasteiger partial charge in [0.25, 0.3) is 0 Å². The summed E-state index contributed by atoms with van der Waals surface area (Å²) in [6, 6.07) is 8.05. The van der Waals surface area contributed by atoms with E-state index in [4.69, 9.17) is 5.11 Å². The first-order valence-corrected chi connectivity index (χ1v) is 6.28. The Balaban J connectivity index is 1.83. The number of benzene rings is 1. The van der Waals surface area contributed by atoms with Crippen molar-refractivity contribution in [1.29, 1.82) is 0 Å². The molecular formula is C15H15FN2O2. The van der Waals surface area contributed by atoms with Crippen molar-refractivity contribution in [3.05, 3.63) is 65.2 Å². The summed E-state index contributed by atoms with van der Waals surface area (Å²) in [7, 11) is 0. The third-order valence-electron chi connectivity index (χ3n) is 2.93. The van der Waals surface area contributed by atoms with Gasteiger partial charge in [0.05, 0.1) is 5.56 Å². The van der Waals surface area contributed by atoms with Crippen molar-refractivity contribution in [2.24, 2.45) is 0 Å². The van der Waals surface area contributed by atoms with E-state index in [1.807, 2.05) is 12.1 Å². The van der Waals surface area contributed by atoms with E-state index >= 15 is 0 Å². The molecule has 0 unspecified atom stereocenters. The van der Waals surface area contributed by atoms with Crippen LogP contribution in [-0.2, 0) is 13.0 Å². The Morgan fingerprint density at radius 1 is 1.20 bits per heavy atom. The zero-order valence-corrected chi connectivity index (χ0v) is 10.8. The van der Waals surface area contributed by atoms with E-state index in [1.54, 1.807) is 18.5 Å². The van der Waals surface area contributed by atoms with Crippen LogP contribution in [0.4, 0.5) is 4.39 Å². The highest BCUT2D eigenvalue weighted by atomic mass is 19.1. The van der Waals surface area contributed by atoms with Crippen LogP contribution in [0.1, 0.15) is 21.5 Å². The van der Waals surface area contributed by atoms with Gasteiger partial charge >= 0.3 is 5.97 Å². The van der Waals surface area contributed by atoms with Gasteiger partial charge in [-0.25, -0.2) is 9.18 Å². The minimum absolute atomic E-state index is 0.300. The fourth-order valence-corrected chi connectivity index (χ4v) is 1.86. The van der Waals surface area contributed by atoms with Crippen molar-refractivity contribution >= 4 is 5.97 Å². The second kappa shape index (κ2) is 6.77. The summed E-state index contributed by atoms with van der Waals surface area (Å²) < 4.78 is 13.5. The molecule has 1 aromatic carbocycles. The molecule has 1 aromatic heterocycles. The van der Waals surface area contributed by atoms with Gasteiger partial charge in [-0.05, 0) is 48.4 Å². The molecule has 4 nitrogen and oxygen atoms in total. The lowest BCUT2D eigenvalue weighted by Gasteiger charge is -2.06. The smallest absolute Gasteiger partial charge is 0.338 e. The molecule has 0 aliphatic carbocycles. The lowest BCUT2D eigenvalue weighted by Crippen LogP contribution is -2.17. The quantitative estimate of drug-likeness (QED) is 0.793. The maximum atomic E-state index is 13.5. The summed E-state index contributed by atoms with van der Waals surface area (Å²) in [5.74, 6) is -1.95. The molecule has 0 fully saturated rings. The van der Waals surface area contributed by atoms with Crippen molar-refractivity contribution in [1.82, 2.24) is 10.3 Å². The first-order chi connectivity index (χ1) is 9.66. The molecule has 0 saturated carbocycles. The van der Waals surface area contributed by atoms with Gasteiger partial charge in [0.2, 0.25) is 0 Å². The third kappa shape index (κ3) is 3.86. The normalized spacial score (nSPS) is 10.4. The number of aromatic carboxylic acids is 1. The number of carboxylic acids is 1. The topological polar surface area (TPSA) is 62.2 Å². The van der Waals surface area contributed by atoms with Crippen molar-refractivity contribution in [3.63, 3.8) is 0 Å². The van der Waals surface area contributed by atoms with Crippen LogP contribution in [-0.4, -0.2) is 22.6 Å². The number of nitrogens with zero attached hydrogens (tertiary/aromatic N) is 1. The van der Waals surface area contributed by atoms with Gasteiger partial charge in [0.1, 0.15) is 5.82 Å². The molecule has 2 N–H and O–H groups in total. The van der Waals surface area contributed by atoms with E-state index < -0.39 is 11.8 Å². The maximum Gasteiger partial charge on any atom is 0.338 e. The predicted octanol–water partition coefficient (Wildman–Crippen LogP) is 2.25. The monoisotopic (exact) mass is 274 g/mol. The van der Waals surface area contributed by atoms with Crippen LogP contribution >= 0.6 is 0 Å². The molecule has 20 heavy (non-hydrogen) atoms. The zero-order chi connectivity index (χ0) is 14.4. The summed E-state index contributed by atoms with van der Waals surface area (Å²) in [6.45, 7) is 1.26. The van der Waals surface area contributed by atoms with Crippen LogP contribution in [0.5, 0.6) is 0 Å². The Morgan fingerprint density at radius 2 is 1.95 bits per heavy atom. The molecule has 0 amide bonds. The molecule has 0 radical (unpaired) electrons. The van der Waals surface area contributed by atoms with Crippen LogP contribution in [0.15, 0.2) is 42.7 Å². The van der Waals surface area contributed by atoms with Gasteiger partial charge < -0.3 is 10.4 Å². The second-order valence-electron chi connectivity index (χ2n) is 4.40. The Hall–Kier alpha value is -2.27.